The molecule has 2 N–H and O–H groups in total. The van der Waals surface area contributed by atoms with E-state index in [1.54, 1.807) is 6.07 Å². The van der Waals surface area contributed by atoms with Crippen LogP contribution in [0.25, 0.3) is 0 Å². The highest BCUT2D eigenvalue weighted by Gasteiger charge is 2.25. The van der Waals surface area contributed by atoms with Crippen molar-refractivity contribution in [3.8, 4) is 5.75 Å². The molecule has 0 aliphatic heterocycles. The van der Waals surface area contributed by atoms with Crippen LogP contribution < -0.4 is 15.4 Å². The molecule has 0 bridgehead atoms. The third-order valence-electron chi connectivity index (χ3n) is 4.71. The van der Waals surface area contributed by atoms with Crippen molar-refractivity contribution < 1.29 is 14.3 Å². The molecular formula is C21H26N2O3S. The van der Waals surface area contributed by atoms with E-state index in [0.717, 1.165) is 18.6 Å². The molecule has 1 aromatic heterocycles. The molecular weight excluding hydrogens is 360 g/mol. The summed E-state index contributed by atoms with van der Waals surface area (Å²) in [5.74, 6) is 0.351. The van der Waals surface area contributed by atoms with Gasteiger partial charge in [0, 0.05) is 5.69 Å². The van der Waals surface area contributed by atoms with Gasteiger partial charge in [0.2, 0.25) is 5.91 Å². The predicted molar refractivity (Wildman–Crippen MR) is 108 cm³/mol. The van der Waals surface area contributed by atoms with Crippen molar-refractivity contribution in [2.24, 2.45) is 5.92 Å². The van der Waals surface area contributed by atoms with E-state index in [4.69, 9.17) is 4.74 Å². The van der Waals surface area contributed by atoms with Gasteiger partial charge in [-0.25, -0.2) is 0 Å². The van der Waals surface area contributed by atoms with E-state index in [2.05, 4.69) is 10.6 Å². The second-order valence-electron chi connectivity index (χ2n) is 7.21. The minimum atomic E-state index is -0.603. The van der Waals surface area contributed by atoms with Crippen molar-refractivity contribution in [2.45, 2.75) is 51.7 Å². The van der Waals surface area contributed by atoms with Gasteiger partial charge in [-0.05, 0) is 67.3 Å². The maximum Gasteiger partial charge on any atom is 0.262 e. The molecule has 3 rings (SSSR count). The third-order valence-corrected chi connectivity index (χ3v) is 5.58. The zero-order chi connectivity index (χ0) is 19.2. The Balaban J connectivity index is 1.58. The first kappa shape index (κ1) is 19.4. The Labute approximate surface area is 164 Å². The van der Waals surface area contributed by atoms with Crippen molar-refractivity contribution in [2.75, 3.05) is 5.32 Å². The molecule has 6 heteroatoms. The number of ether oxygens (including phenoxy) is 1. The van der Waals surface area contributed by atoms with Gasteiger partial charge in [0.25, 0.3) is 5.91 Å². The van der Waals surface area contributed by atoms with Gasteiger partial charge in [0.15, 0.2) is 0 Å². The monoisotopic (exact) mass is 386 g/mol. The first-order valence-corrected chi connectivity index (χ1v) is 10.3. The predicted octanol–water partition coefficient (Wildman–Crippen LogP) is 4.46. The van der Waals surface area contributed by atoms with Crippen LogP contribution in [-0.2, 0) is 4.79 Å². The molecule has 1 atom stereocenters. The summed E-state index contributed by atoms with van der Waals surface area (Å²) in [5, 5.41) is 7.56. The number of anilines is 1. The average molecular weight is 387 g/mol. The fourth-order valence-electron chi connectivity index (χ4n) is 3.19. The molecule has 1 fully saturated rings. The molecule has 1 aromatic carbocycles. The Morgan fingerprint density at radius 2 is 1.81 bits per heavy atom. The topological polar surface area (TPSA) is 67.4 Å². The number of thiophene rings is 1. The van der Waals surface area contributed by atoms with Crippen molar-refractivity contribution >= 4 is 28.8 Å². The Kier molecular flexibility index (Phi) is 6.50. The van der Waals surface area contributed by atoms with Gasteiger partial charge in [0.1, 0.15) is 11.8 Å². The number of carbonyl (C=O) groups is 2. The first-order chi connectivity index (χ1) is 13.0. The van der Waals surface area contributed by atoms with E-state index in [-0.39, 0.29) is 17.7 Å². The van der Waals surface area contributed by atoms with Gasteiger partial charge in [0.05, 0.1) is 11.0 Å². The van der Waals surface area contributed by atoms with E-state index >= 15 is 0 Å². The van der Waals surface area contributed by atoms with Crippen LogP contribution in [0.2, 0.25) is 0 Å². The highest BCUT2D eigenvalue weighted by atomic mass is 32.1. The van der Waals surface area contributed by atoms with Gasteiger partial charge >= 0.3 is 0 Å². The SMILES string of the molecule is CC(C)C(NC(=O)c1cccs1)C(=O)Nc1ccc(OC2CCCC2)cc1. The molecule has 1 aliphatic carbocycles. The standard InChI is InChI=1S/C21H26N2O3S/c1-14(2)19(23-20(24)18-8-5-13-27-18)21(25)22-15-9-11-17(12-10-15)26-16-6-3-4-7-16/h5,8-14,16,19H,3-4,6-7H2,1-2H3,(H,22,25)(H,23,24). The summed E-state index contributed by atoms with van der Waals surface area (Å²) in [6.45, 7) is 3.83. The van der Waals surface area contributed by atoms with E-state index < -0.39 is 6.04 Å². The average Bonchev–Trinajstić information content (AvgIpc) is 3.34. The number of carbonyl (C=O) groups excluding carboxylic acids is 2. The van der Waals surface area contributed by atoms with Gasteiger partial charge in [-0.1, -0.05) is 19.9 Å². The Morgan fingerprint density at radius 1 is 1.11 bits per heavy atom. The molecule has 1 saturated carbocycles. The lowest BCUT2D eigenvalue weighted by Gasteiger charge is -2.21. The van der Waals surface area contributed by atoms with Gasteiger partial charge in [-0.2, -0.15) is 0 Å². The number of benzene rings is 1. The van der Waals surface area contributed by atoms with Crippen LogP contribution in [0.4, 0.5) is 5.69 Å². The lowest BCUT2D eigenvalue weighted by Crippen LogP contribution is -2.46. The smallest absolute Gasteiger partial charge is 0.262 e. The summed E-state index contributed by atoms with van der Waals surface area (Å²) in [6, 6.07) is 10.4. The molecule has 2 aromatic rings. The van der Waals surface area contributed by atoms with Crippen molar-refractivity contribution in [3.63, 3.8) is 0 Å². The minimum absolute atomic E-state index is 0.0288. The number of nitrogens with one attached hydrogen (secondary N) is 2. The van der Waals surface area contributed by atoms with Crippen molar-refractivity contribution in [3.05, 3.63) is 46.7 Å². The van der Waals surface area contributed by atoms with Crippen LogP contribution in [0.5, 0.6) is 5.75 Å². The highest BCUT2D eigenvalue weighted by Crippen LogP contribution is 2.25. The van der Waals surface area contributed by atoms with Crippen LogP contribution in [0, 0.1) is 5.92 Å². The molecule has 27 heavy (non-hydrogen) atoms. The van der Waals surface area contributed by atoms with Crippen LogP contribution in [0.3, 0.4) is 0 Å². The van der Waals surface area contributed by atoms with Crippen LogP contribution in [0.1, 0.15) is 49.2 Å². The Bertz CT molecular complexity index is 750. The molecule has 0 spiro atoms. The van der Waals surface area contributed by atoms with Crippen LogP contribution >= 0.6 is 11.3 Å². The van der Waals surface area contributed by atoms with Gasteiger partial charge in [-0.15, -0.1) is 11.3 Å². The summed E-state index contributed by atoms with van der Waals surface area (Å²) in [5.41, 5.74) is 0.690. The number of hydrogen-bond donors (Lipinski definition) is 2. The summed E-state index contributed by atoms with van der Waals surface area (Å²) in [4.78, 5) is 25.6. The van der Waals surface area contributed by atoms with E-state index in [1.807, 2.05) is 49.6 Å². The molecule has 1 aliphatic rings. The largest absolute Gasteiger partial charge is 0.490 e. The molecule has 1 heterocycles. The van der Waals surface area contributed by atoms with Crippen LogP contribution in [0.15, 0.2) is 41.8 Å². The highest BCUT2D eigenvalue weighted by molar-refractivity contribution is 7.12. The Morgan fingerprint density at radius 3 is 2.41 bits per heavy atom. The van der Waals surface area contributed by atoms with Crippen molar-refractivity contribution in [1.29, 1.82) is 0 Å². The maximum atomic E-state index is 12.7. The van der Waals surface area contributed by atoms with E-state index in [0.29, 0.717) is 16.7 Å². The van der Waals surface area contributed by atoms with Gasteiger partial charge < -0.3 is 15.4 Å². The minimum Gasteiger partial charge on any atom is -0.490 e. The maximum absolute atomic E-state index is 12.7. The molecule has 5 nitrogen and oxygen atoms in total. The quantitative estimate of drug-likeness (QED) is 0.738. The summed E-state index contributed by atoms with van der Waals surface area (Å²) in [7, 11) is 0. The van der Waals surface area contributed by atoms with E-state index in [1.165, 1.54) is 24.2 Å². The fourth-order valence-corrected chi connectivity index (χ4v) is 3.82. The second kappa shape index (κ2) is 9.04. The molecule has 2 amide bonds. The lowest BCUT2D eigenvalue weighted by molar-refractivity contribution is -0.118. The summed E-state index contributed by atoms with van der Waals surface area (Å²) < 4.78 is 5.95. The normalized spacial score (nSPS) is 15.5. The number of rotatable bonds is 7. The first-order valence-electron chi connectivity index (χ1n) is 9.45. The zero-order valence-corrected chi connectivity index (χ0v) is 16.6. The van der Waals surface area contributed by atoms with Gasteiger partial charge in [-0.3, -0.25) is 9.59 Å². The van der Waals surface area contributed by atoms with Crippen molar-refractivity contribution in [1.82, 2.24) is 5.32 Å². The zero-order valence-electron chi connectivity index (χ0n) is 15.7. The third kappa shape index (κ3) is 5.32. The molecule has 0 saturated heterocycles. The van der Waals surface area contributed by atoms with Crippen LogP contribution in [-0.4, -0.2) is 24.0 Å². The summed E-state index contributed by atoms with van der Waals surface area (Å²) in [6.07, 6.45) is 4.99. The fraction of sp³-hybridized carbons (Fsp3) is 0.429. The van der Waals surface area contributed by atoms with E-state index in [9.17, 15) is 9.59 Å². The lowest BCUT2D eigenvalue weighted by atomic mass is 10.0. The number of hydrogen-bond acceptors (Lipinski definition) is 4. The second-order valence-corrected chi connectivity index (χ2v) is 8.16. The molecule has 0 radical (unpaired) electrons. The Hall–Kier alpha value is -2.34. The molecule has 144 valence electrons. The summed E-state index contributed by atoms with van der Waals surface area (Å²) >= 11 is 1.36. The molecule has 1 unspecified atom stereocenters. The number of amides is 2.